The monoisotopic (exact) mass is 419 g/mol. The highest BCUT2D eigenvalue weighted by Crippen LogP contribution is 2.19. The van der Waals surface area contributed by atoms with E-state index in [-0.39, 0.29) is 5.69 Å². The van der Waals surface area contributed by atoms with Crippen LogP contribution in [0.2, 0.25) is 0 Å². The number of nitro groups is 1. The standard InChI is InChI=1S/C23H21N3O5/c1-17(23(27)25-24-15-19-8-5-9-20(14-19)26(28)29)31-22-12-10-21(11-13-22)30-16-18-6-3-2-4-7-18/h2-15,17H,16H2,1H3,(H,25,27)/b24-15+. The number of non-ortho nitro benzene ring substituents is 1. The Balaban J connectivity index is 1.47. The van der Waals surface area contributed by atoms with Crippen LogP contribution in [0.5, 0.6) is 11.5 Å². The smallest absolute Gasteiger partial charge is 0.280 e. The number of ether oxygens (including phenoxy) is 2. The van der Waals surface area contributed by atoms with Crippen LogP contribution in [-0.2, 0) is 11.4 Å². The molecule has 0 saturated heterocycles. The summed E-state index contributed by atoms with van der Waals surface area (Å²) in [5, 5.41) is 14.6. The summed E-state index contributed by atoms with van der Waals surface area (Å²) >= 11 is 0. The van der Waals surface area contributed by atoms with Crippen LogP contribution in [0.25, 0.3) is 0 Å². The predicted octanol–water partition coefficient (Wildman–Crippen LogP) is 4.09. The van der Waals surface area contributed by atoms with Gasteiger partial charge in [0.1, 0.15) is 18.1 Å². The minimum absolute atomic E-state index is 0.0526. The van der Waals surface area contributed by atoms with Gasteiger partial charge >= 0.3 is 0 Å². The Hall–Kier alpha value is -4.20. The first-order valence-corrected chi connectivity index (χ1v) is 9.52. The maximum atomic E-state index is 12.2. The zero-order valence-electron chi connectivity index (χ0n) is 16.8. The fraction of sp³-hybridized carbons (Fsp3) is 0.130. The third-order valence-corrected chi connectivity index (χ3v) is 4.22. The molecule has 8 heteroatoms. The fourth-order valence-corrected chi connectivity index (χ4v) is 2.59. The summed E-state index contributed by atoms with van der Waals surface area (Å²) in [6, 6.07) is 22.7. The van der Waals surface area contributed by atoms with Crippen molar-refractivity contribution in [3.05, 3.63) is 100 Å². The van der Waals surface area contributed by atoms with Crippen LogP contribution >= 0.6 is 0 Å². The maximum Gasteiger partial charge on any atom is 0.280 e. The van der Waals surface area contributed by atoms with Gasteiger partial charge in [-0.05, 0) is 36.8 Å². The van der Waals surface area contributed by atoms with Crippen LogP contribution in [0.15, 0.2) is 84.0 Å². The summed E-state index contributed by atoms with van der Waals surface area (Å²) < 4.78 is 11.3. The van der Waals surface area contributed by atoms with Crippen molar-refractivity contribution < 1.29 is 19.2 Å². The third kappa shape index (κ3) is 6.67. The average Bonchev–Trinajstić information content (AvgIpc) is 2.79. The van der Waals surface area contributed by atoms with E-state index in [0.717, 1.165) is 5.56 Å². The number of hydrogen-bond acceptors (Lipinski definition) is 6. The van der Waals surface area contributed by atoms with Crippen molar-refractivity contribution in [1.29, 1.82) is 0 Å². The minimum Gasteiger partial charge on any atom is -0.489 e. The minimum atomic E-state index is -0.793. The summed E-state index contributed by atoms with van der Waals surface area (Å²) in [6.45, 7) is 2.06. The Morgan fingerprint density at radius 3 is 2.48 bits per heavy atom. The molecule has 0 bridgehead atoms. The van der Waals surface area contributed by atoms with Gasteiger partial charge in [-0.2, -0.15) is 5.10 Å². The first-order chi connectivity index (χ1) is 15.0. The third-order valence-electron chi connectivity index (χ3n) is 4.22. The summed E-state index contributed by atoms with van der Waals surface area (Å²) in [4.78, 5) is 22.4. The summed E-state index contributed by atoms with van der Waals surface area (Å²) in [6.07, 6.45) is 0.537. The molecule has 3 aromatic rings. The van der Waals surface area contributed by atoms with Gasteiger partial charge in [-0.3, -0.25) is 14.9 Å². The quantitative estimate of drug-likeness (QED) is 0.320. The lowest BCUT2D eigenvalue weighted by atomic mass is 10.2. The van der Waals surface area contributed by atoms with E-state index in [9.17, 15) is 14.9 Å². The van der Waals surface area contributed by atoms with E-state index < -0.39 is 16.9 Å². The van der Waals surface area contributed by atoms with Gasteiger partial charge in [0.05, 0.1) is 11.1 Å². The molecular formula is C23H21N3O5. The number of amides is 1. The number of carbonyl (C=O) groups excluding carboxylic acids is 1. The number of hydrazone groups is 1. The first-order valence-electron chi connectivity index (χ1n) is 9.52. The number of nitrogens with one attached hydrogen (secondary N) is 1. The van der Waals surface area contributed by atoms with E-state index >= 15 is 0 Å². The number of hydrogen-bond donors (Lipinski definition) is 1. The summed E-state index contributed by atoms with van der Waals surface area (Å²) in [5.41, 5.74) is 3.87. The molecule has 0 heterocycles. The molecule has 0 aliphatic carbocycles. The summed E-state index contributed by atoms with van der Waals surface area (Å²) in [7, 11) is 0. The number of benzene rings is 3. The second-order valence-corrected chi connectivity index (χ2v) is 6.59. The second-order valence-electron chi connectivity index (χ2n) is 6.59. The molecule has 1 unspecified atom stereocenters. The van der Waals surface area contributed by atoms with Crippen molar-refractivity contribution >= 4 is 17.8 Å². The molecule has 1 atom stereocenters. The molecule has 1 N–H and O–H groups in total. The van der Waals surface area contributed by atoms with Crippen LogP contribution in [-0.4, -0.2) is 23.1 Å². The first kappa shape index (κ1) is 21.5. The number of carbonyl (C=O) groups is 1. The van der Waals surface area contributed by atoms with E-state index in [2.05, 4.69) is 10.5 Å². The Morgan fingerprint density at radius 1 is 1.06 bits per heavy atom. The van der Waals surface area contributed by atoms with Crippen molar-refractivity contribution in [2.24, 2.45) is 5.10 Å². The molecule has 0 radical (unpaired) electrons. The Labute approximate surface area is 179 Å². The topological polar surface area (TPSA) is 103 Å². The number of nitrogens with zero attached hydrogens (tertiary/aromatic N) is 2. The summed E-state index contributed by atoms with van der Waals surface area (Å²) in [5.74, 6) is 0.748. The lowest BCUT2D eigenvalue weighted by Crippen LogP contribution is -2.33. The van der Waals surface area contributed by atoms with Gasteiger partial charge in [-0.15, -0.1) is 0 Å². The molecule has 31 heavy (non-hydrogen) atoms. The maximum absolute atomic E-state index is 12.2. The zero-order valence-corrected chi connectivity index (χ0v) is 16.8. The van der Waals surface area contributed by atoms with E-state index in [4.69, 9.17) is 9.47 Å². The molecule has 0 fully saturated rings. The Bertz CT molecular complexity index is 1050. The lowest BCUT2D eigenvalue weighted by molar-refractivity contribution is -0.384. The fourth-order valence-electron chi connectivity index (χ4n) is 2.59. The largest absolute Gasteiger partial charge is 0.489 e. The normalized spacial score (nSPS) is 11.6. The van der Waals surface area contributed by atoms with E-state index in [1.54, 1.807) is 43.3 Å². The molecule has 3 aromatic carbocycles. The van der Waals surface area contributed by atoms with Gasteiger partial charge in [0.15, 0.2) is 6.10 Å². The van der Waals surface area contributed by atoms with Gasteiger partial charge in [0.25, 0.3) is 11.6 Å². The Morgan fingerprint density at radius 2 is 1.77 bits per heavy atom. The van der Waals surface area contributed by atoms with Crippen LogP contribution in [0.4, 0.5) is 5.69 Å². The molecule has 8 nitrogen and oxygen atoms in total. The van der Waals surface area contributed by atoms with Crippen molar-refractivity contribution in [3.63, 3.8) is 0 Å². The van der Waals surface area contributed by atoms with Crippen molar-refractivity contribution in [1.82, 2.24) is 5.43 Å². The lowest BCUT2D eigenvalue weighted by Gasteiger charge is -2.13. The molecular weight excluding hydrogens is 398 g/mol. The molecule has 3 rings (SSSR count). The van der Waals surface area contributed by atoms with Crippen molar-refractivity contribution in [3.8, 4) is 11.5 Å². The molecule has 0 aromatic heterocycles. The number of rotatable bonds is 9. The molecule has 0 saturated carbocycles. The molecule has 0 aliphatic rings. The van der Waals surface area contributed by atoms with Crippen LogP contribution < -0.4 is 14.9 Å². The van der Waals surface area contributed by atoms with Gasteiger partial charge in [-0.1, -0.05) is 42.5 Å². The highest BCUT2D eigenvalue weighted by Gasteiger charge is 2.14. The number of nitro benzene ring substituents is 1. The van der Waals surface area contributed by atoms with E-state index in [1.807, 2.05) is 30.3 Å². The Kier molecular flexibility index (Phi) is 7.31. The molecule has 0 aliphatic heterocycles. The van der Waals surface area contributed by atoms with Crippen LogP contribution in [0.1, 0.15) is 18.1 Å². The average molecular weight is 419 g/mol. The van der Waals surface area contributed by atoms with Crippen molar-refractivity contribution in [2.75, 3.05) is 0 Å². The molecule has 0 spiro atoms. The van der Waals surface area contributed by atoms with E-state index in [1.165, 1.54) is 18.3 Å². The van der Waals surface area contributed by atoms with Crippen LogP contribution in [0.3, 0.4) is 0 Å². The van der Waals surface area contributed by atoms with Gasteiger partial charge in [0, 0.05) is 17.7 Å². The molecule has 158 valence electrons. The highest BCUT2D eigenvalue weighted by molar-refractivity contribution is 5.84. The van der Waals surface area contributed by atoms with Gasteiger partial charge < -0.3 is 9.47 Å². The van der Waals surface area contributed by atoms with Crippen LogP contribution in [0, 0.1) is 10.1 Å². The SMILES string of the molecule is CC(Oc1ccc(OCc2ccccc2)cc1)C(=O)N/N=C/c1cccc([N+](=O)[O-])c1. The second kappa shape index (κ2) is 10.5. The van der Waals surface area contributed by atoms with Gasteiger partial charge in [-0.25, -0.2) is 5.43 Å². The van der Waals surface area contributed by atoms with E-state index in [0.29, 0.717) is 23.7 Å². The van der Waals surface area contributed by atoms with Gasteiger partial charge in [0.2, 0.25) is 0 Å². The zero-order chi connectivity index (χ0) is 22.1. The van der Waals surface area contributed by atoms with Crippen molar-refractivity contribution in [2.45, 2.75) is 19.6 Å². The predicted molar refractivity (Wildman–Crippen MR) is 116 cm³/mol. The highest BCUT2D eigenvalue weighted by atomic mass is 16.6. The molecule has 1 amide bonds.